The molecule has 0 saturated carbocycles. The molecule has 32 heavy (non-hydrogen) atoms. The van der Waals surface area contributed by atoms with Crippen molar-refractivity contribution in [2.75, 3.05) is 19.7 Å². The first-order chi connectivity index (χ1) is 15.4. The van der Waals surface area contributed by atoms with Gasteiger partial charge in [0.05, 0.1) is 19.1 Å². The van der Waals surface area contributed by atoms with Gasteiger partial charge < -0.3 is 15.0 Å². The molecule has 1 unspecified atom stereocenters. The van der Waals surface area contributed by atoms with Crippen LogP contribution in [0.25, 0.3) is 0 Å². The number of nitrogens with one attached hydrogen (secondary N) is 1. The zero-order valence-corrected chi connectivity index (χ0v) is 19.0. The van der Waals surface area contributed by atoms with Gasteiger partial charge >= 0.3 is 0 Å². The summed E-state index contributed by atoms with van der Waals surface area (Å²) in [6.07, 6.45) is 6.02. The van der Waals surface area contributed by atoms with E-state index < -0.39 is 5.54 Å². The summed E-state index contributed by atoms with van der Waals surface area (Å²) >= 11 is 0. The molecular weight excluding hydrogens is 402 g/mol. The highest BCUT2D eigenvalue weighted by Crippen LogP contribution is 2.42. The van der Waals surface area contributed by atoms with Gasteiger partial charge in [-0.2, -0.15) is 0 Å². The third kappa shape index (κ3) is 5.36. The molecule has 0 aliphatic carbocycles. The first-order valence-electron chi connectivity index (χ1n) is 11.5. The molecule has 4 rings (SSSR count). The Hall–Kier alpha value is -2.73. The Balaban J connectivity index is 1.27. The van der Waals surface area contributed by atoms with Crippen molar-refractivity contribution in [1.82, 2.24) is 15.2 Å². The summed E-state index contributed by atoms with van der Waals surface area (Å²) in [5.41, 5.74) is 1.23. The van der Waals surface area contributed by atoms with Gasteiger partial charge in [-0.1, -0.05) is 36.4 Å². The van der Waals surface area contributed by atoms with E-state index in [4.69, 9.17) is 4.74 Å². The summed E-state index contributed by atoms with van der Waals surface area (Å²) in [4.78, 5) is 32.0. The zero-order chi connectivity index (χ0) is 22.6. The minimum atomic E-state index is -0.927. The van der Waals surface area contributed by atoms with E-state index in [1.165, 1.54) is 0 Å². The Morgan fingerprint density at radius 3 is 2.53 bits per heavy atom. The lowest BCUT2D eigenvalue weighted by molar-refractivity contribution is -0.142. The monoisotopic (exact) mass is 435 g/mol. The van der Waals surface area contributed by atoms with E-state index in [0.717, 1.165) is 43.5 Å². The molecule has 1 atom stereocenters. The number of hydrogen-bond donors (Lipinski definition) is 1. The molecule has 2 aliphatic heterocycles. The van der Waals surface area contributed by atoms with E-state index in [2.05, 4.69) is 10.3 Å². The second kappa shape index (κ2) is 9.41. The zero-order valence-electron chi connectivity index (χ0n) is 19.0. The lowest BCUT2D eigenvalue weighted by Crippen LogP contribution is -2.58. The first kappa shape index (κ1) is 22.5. The average molecular weight is 436 g/mol. The van der Waals surface area contributed by atoms with Crippen LogP contribution in [0, 0.1) is 5.41 Å². The molecule has 170 valence electrons. The van der Waals surface area contributed by atoms with Crippen molar-refractivity contribution in [2.24, 2.45) is 5.41 Å². The van der Waals surface area contributed by atoms with E-state index >= 15 is 0 Å². The lowest BCUT2D eigenvalue weighted by Gasteiger charge is -2.41. The number of pyridine rings is 1. The van der Waals surface area contributed by atoms with Gasteiger partial charge in [-0.05, 0) is 56.2 Å². The SMILES string of the molecule is CC(C)(NC(=O)Cc1ccccc1)C(=O)N1CCC2(CC1)COC(Cc1ccccn1)C2. The van der Waals surface area contributed by atoms with Crippen LogP contribution in [-0.2, 0) is 27.2 Å². The molecule has 3 heterocycles. The second-order valence-electron chi connectivity index (χ2n) is 9.79. The van der Waals surface area contributed by atoms with E-state index in [0.29, 0.717) is 13.1 Å². The third-order valence-corrected chi connectivity index (χ3v) is 6.75. The maximum absolute atomic E-state index is 13.2. The minimum Gasteiger partial charge on any atom is -0.377 e. The molecule has 1 N–H and O–H groups in total. The van der Waals surface area contributed by atoms with Crippen molar-refractivity contribution in [3.8, 4) is 0 Å². The molecule has 2 amide bonds. The third-order valence-electron chi connectivity index (χ3n) is 6.75. The molecule has 1 aromatic carbocycles. The Morgan fingerprint density at radius 2 is 1.84 bits per heavy atom. The van der Waals surface area contributed by atoms with Crippen LogP contribution >= 0.6 is 0 Å². The van der Waals surface area contributed by atoms with Crippen LogP contribution in [-0.4, -0.2) is 53.0 Å². The normalized spacial score (nSPS) is 20.3. The van der Waals surface area contributed by atoms with E-state index in [1.807, 2.05) is 59.6 Å². The highest BCUT2D eigenvalue weighted by atomic mass is 16.5. The van der Waals surface area contributed by atoms with Crippen molar-refractivity contribution in [3.05, 3.63) is 66.0 Å². The number of hydrogen-bond acceptors (Lipinski definition) is 4. The minimum absolute atomic E-state index is 0.0160. The summed E-state index contributed by atoms with van der Waals surface area (Å²) in [5, 5.41) is 2.94. The molecular formula is C26H33N3O3. The molecule has 6 heteroatoms. The van der Waals surface area contributed by atoms with Crippen molar-refractivity contribution in [1.29, 1.82) is 0 Å². The molecule has 2 fully saturated rings. The highest BCUT2D eigenvalue weighted by molar-refractivity contribution is 5.91. The number of ether oxygens (including phenoxy) is 1. The van der Waals surface area contributed by atoms with E-state index in [9.17, 15) is 9.59 Å². The first-order valence-corrected chi connectivity index (χ1v) is 11.5. The van der Waals surface area contributed by atoms with Crippen LogP contribution in [0.4, 0.5) is 0 Å². The van der Waals surface area contributed by atoms with Crippen LogP contribution in [0.1, 0.15) is 44.4 Å². The maximum atomic E-state index is 13.2. The maximum Gasteiger partial charge on any atom is 0.247 e. The summed E-state index contributed by atoms with van der Waals surface area (Å²) in [7, 11) is 0. The topological polar surface area (TPSA) is 71.5 Å². The number of carbonyl (C=O) groups excluding carboxylic acids is 2. The van der Waals surface area contributed by atoms with Crippen molar-refractivity contribution in [3.63, 3.8) is 0 Å². The fourth-order valence-corrected chi connectivity index (χ4v) is 4.93. The van der Waals surface area contributed by atoms with Gasteiger partial charge in [0.25, 0.3) is 0 Å². The summed E-state index contributed by atoms with van der Waals surface area (Å²) < 4.78 is 6.12. The van der Waals surface area contributed by atoms with E-state index in [-0.39, 0.29) is 29.8 Å². The molecule has 1 aromatic heterocycles. The summed E-state index contributed by atoms with van der Waals surface area (Å²) in [6.45, 7) is 5.76. The number of benzene rings is 1. The second-order valence-corrected chi connectivity index (χ2v) is 9.79. The van der Waals surface area contributed by atoms with Crippen LogP contribution in [0.2, 0.25) is 0 Å². The predicted octanol–water partition coefficient (Wildman–Crippen LogP) is 3.16. The van der Waals surface area contributed by atoms with Gasteiger partial charge in [-0.15, -0.1) is 0 Å². The van der Waals surface area contributed by atoms with Crippen LogP contribution in [0.5, 0.6) is 0 Å². The fourth-order valence-electron chi connectivity index (χ4n) is 4.93. The molecule has 2 aliphatic rings. The van der Waals surface area contributed by atoms with Gasteiger partial charge in [0, 0.05) is 31.4 Å². The number of nitrogens with zero attached hydrogens (tertiary/aromatic N) is 2. The van der Waals surface area contributed by atoms with Crippen molar-refractivity contribution in [2.45, 2.75) is 57.6 Å². The molecule has 0 bridgehead atoms. The Kier molecular flexibility index (Phi) is 6.60. The van der Waals surface area contributed by atoms with Crippen molar-refractivity contribution < 1.29 is 14.3 Å². The van der Waals surface area contributed by atoms with Crippen molar-refractivity contribution >= 4 is 11.8 Å². The quantitative estimate of drug-likeness (QED) is 0.757. The Bertz CT molecular complexity index is 922. The highest BCUT2D eigenvalue weighted by Gasteiger charge is 2.44. The van der Waals surface area contributed by atoms with Crippen LogP contribution < -0.4 is 5.32 Å². The lowest BCUT2D eigenvalue weighted by atomic mass is 9.76. The summed E-state index contributed by atoms with van der Waals surface area (Å²) in [6, 6.07) is 15.6. The molecule has 1 spiro atoms. The van der Waals surface area contributed by atoms with Crippen LogP contribution in [0.15, 0.2) is 54.7 Å². The molecule has 0 radical (unpaired) electrons. The van der Waals surface area contributed by atoms with Gasteiger partial charge in [-0.25, -0.2) is 0 Å². The van der Waals surface area contributed by atoms with Gasteiger partial charge in [-0.3, -0.25) is 14.6 Å². The number of rotatable bonds is 6. The molecule has 2 saturated heterocycles. The van der Waals surface area contributed by atoms with Gasteiger partial charge in [0.15, 0.2) is 0 Å². The summed E-state index contributed by atoms with van der Waals surface area (Å²) in [5.74, 6) is -0.151. The van der Waals surface area contributed by atoms with Crippen LogP contribution in [0.3, 0.4) is 0 Å². The number of aromatic nitrogens is 1. The fraction of sp³-hybridized carbons (Fsp3) is 0.500. The molecule has 2 aromatic rings. The standard InChI is InChI=1S/C26H33N3O3/c1-25(2,28-23(30)16-20-8-4-3-5-9-20)24(31)29-14-11-26(12-15-29)18-22(32-19-26)17-21-10-6-7-13-27-21/h3-10,13,22H,11-12,14-19H2,1-2H3,(H,28,30). The number of amides is 2. The Labute approximate surface area is 190 Å². The number of likely N-dealkylation sites (tertiary alicyclic amines) is 1. The molecule has 6 nitrogen and oxygen atoms in total. The predicted molar refractivity (Wildman–Crippen MR) is 123 cm³/mol. The smallest absolute Gasteiger partial charge is 0.247 e. The largest absolute Gasteiger partial charge is 0.377 e. The van der Waals surface area contributed by atoms with Gasteiger partial charge in [0.2, 0.25) is 11.8 Å². The Morgan fingerprint density at radius 1 is 1.12 bits per heavy atom. The number of piperidine rings is 1. The average Bonchev–Trinajstić information content (AvgIpc) is 3.16. The van der Waals surface area contributed by atoms with Gasteiger partial charge in [0.1, 0.15) is 5.54 Å². The number of carbonyl (C=O) groups is 2. The van der Waals surface area contributed by atoms with E-state index in [1.54, 1.807) is 13.8 Å².